The molecule has 1 aliphatic rings. The molecule has 72 valence electrons. The van der Waals surface area contributed by atoms with Gasteiger partial charge in [-0.2, -0.15) is 0 Å². The van der Waals surface area contributed by atoms with E-state index in [9.17, 15) is 5.11 Å². The van der Waals surface area contributed by atoms with Crippen LogP contribution < -0.4 is 0 Å². The monoisotopic (exact) mass is 170 g/mol. The number of hydrogen-bond donors (Lipinski definition) is 1. The van der Waals surface area contributed by atoms with Crippen LogP contribution in [-0.2, 0) is 0 Å². The Kier molecular flexibility index (Phi) is 4.07. The maximum absolute atomic E-state index is 9.84. The third-order valence-electron chi connectivity index (χ3n) is 2.91. The van der Waals surface area contributed by atoms with Crippen molar-refractivity contribution >= 4 is 0 Å². The maximum Gasteiger partial charge on any atom is 0.0570 e. The minimum atomic E-state index is -0.0229. The predicted molar refractivity (Wildman–Crippen MR) is 52.0 cm³/mol. The van der Waals surface area contributed by atoms with Crippen LogP contribution in [-0.4, -0.2) is 11.2 Å². The lowest BCUT2D eigenvalue weighted by Crippen LogP contribution is -2.24. The zero-order chi connectivity index (χ0) is 8.97. The Bertz CT molecular complexity index is 114. The van der Waals surface area contributed by atoms with Gasteiger partial charge >= 0.3 is 0 Å². The lowest BCUT2D eigenvalue weighted by Gasteiger charge is -2.27. The Morgan fingerprint density at radius 3 is 2.25 bits per heavy atom. The van der Waals surface area contributed by atoms with Crippen molar-refractivity contribution in [2.45, 2.75) is 58.5 Å². The van der Waals surface area contributed by atoms with E-state index in [2.05, 4.69) is 13.8 Å². The molecule has 1 atom stereocenters. The van der Waals surface area contributed by atoms with Crippen LogP contribution in [0, 0.1) is 11.8 Å². The molecule has 0 heterocycles. The molecule has 0 radical (unpaired) electrons. The smallest absolute Gasteiger partial charge is 0.0570 e. The molecule has 1 fully saturated rings. The van der Waals surface area contributed by atoms with Gasteiger partial charge in [-0.05, 0) is 31.1 Å². The fourth-order valence-electron chi connectivity index (χ4n) is 2.19. The van der Waals surface area contributed by atoms with Crippen LogP contribution in [0.5, 0.6) is 0 Å². The van der Waals surface area contributed by atoms with Gasteiger partial charge in [0.05, 0.1) is 6.10 Å². The standard InChI is InChI=1S/C11H22O/c1-9(2)8-11(12)10-6-4-3-5-7-10/h9-12H,3-8H2,1-2H3. The molecule has 0 amide bonds. The van der Waals surface area contributed by atoms with E-state index >= 15 is 0 Å². The second-order valence-corrected chi connectivity index (χ2v) is 4.59. The maximum atomic E-state index is 9.84. The molecule has 0 saturated heterocycles. The minimum Gasteiger partial charge on any atom is -0.393 e. The number of aliphatic hydroxyl groups excluding tert-OH is 1. The Balaban J connectivity index is 2.24. The van der Waals surface area contributed by atoms with Gasteiger partial charge < -0.3 is 5.11 Å². The van der Waals surface area contributed by atoms with Crippen LogP contribution in [0.4, 0.5) is 0 Å². The summed E-state index contributed by atoms with van der Waals surface area (Å²) in [6.07, 6.45) is 7.53. The highest BCUT2D eigenvalue weighted by Crippen LogP contribution is 2.28. The second-order valence-electron chi connectivity index (χ2n) is 4.59. The van der Waals surface area contributed by atoms with Crippen molar-refractivity contribution in [3.63, 3.8) is 0 Å². The first kappa shape index (κ1) is 10.0. The molecule has 1 rings (SSSR count). The molecule has 1 nitrogen and oxygen atoms in total. The molecule has 1 heteroatoms. The third-order valence-corrected chi connectivity index (χ3v) is 2.91. The molecular weight excluding hydrogens is 148 g/mol. The van der Waals surface area contributed by atoms with Gasteiger partial charge in [0.25, 0.3) is 0 Å². The molecule has 1 N–H and O–H groups in total. The summed E-state index contributed by atoms with van der Waals surface area (Å²) < 4.78 is 0. The summed E-state index contributed by atoms with van der Waals surface area (Å²) in [7, 11) is 0. The SMILES string of the molecule is CC(C)CC(O)C1CCCCC1. The molecule has 1 unspecified atom stereocenters. The molecule has 0 spiro atoms. The summed E-state index contributed by atoms with van der Waals surface area (Å²) in [4.78, 5) is 0. The van der Waals surface area contributed by atoms with E-state index in [1.54, 1.807) is 0 Å². The summed E-state index contributed by atoms with van der Waals surface area (Å²) in [6, 6.07) is 0. The zero-order valence-corrected chi connectivity index (χ0v) is 8.42. The quantitative estimate of drug-likeness (QED) is 0.690. The summed E-state index contributed by atoms with van der Waals surface area (Å²) in [5.74, 6) is 1.25. The largest absolute Gasteiger partial charge is 0.393 e. The van der Waals surface area contributed by atoms with Crippen LogP contribution in [0.15, 0.2) is 0 Å². The molecule has 0 aromatic carbocycles. The highest BCUT2D eigenvalue weighted by atomic mass is 16.3. The zero-order valence-electron chi connectivity index (χ0n) is 8.42. The topological polar surface area (TPSA) is 20.2 Å². The highest BCUT2D eigenvalue weighted by molar-refractivity contribution is 4.73. The average Bonchev–Trinajstić information content (AvgIpc) is 2.05. The molecule has 0 bridgehead atoms. The van der Waals surface area contributed by atoms with Crippen molar-refractivity contribution in [1.29, 1.82) is 0 Å². The first-order valence-electron chi connectivity index (χ1n) is 5.38. The van der Waals surface area contributed by atoms with Gasteiger partial charge in [0.1, 0.15) is 0 Å². The Labute approximate surface area is 76.2 Å². The van der Waals surface area contributed by atoms with Crippen molar-refractivity contribution in [3.8, 4) is 0 Å². The highest BCUT2D eigenvalue weighted by Gasteiger charge is 2.21. The molecule has 12 heavy (non-hydrogen) atoms. The van der Waals surface area contributed by atoms with Gasteiger partial charge in [0.2, 0.25) is 0 Å². The van der Waals surface area contributed by atoms with Gasteiger partial charge in [-0.1, -0.05) is 33.1 Å². The molecule has 0 aromatic heterocycles. The van der Waals surface area contributed by atoms with Crippen LogP contribution in [0.2, 0.25) is 0 Å². The van der Waals surface area contributed by atoms with E-state index in [0.717, 1.165) is 6.42 Å². The normalized spacial score (nSPS) is 23.0. The van der Waals surface area contributed by atoms with E-state index in [1.807, 2.05) is 0 Å². The van der Waals surface area contributed by atoms with Crippen molar-refractivity contribution in [1.82, 2.24) is 0 Å². The van der Waals surface area contributed by atoms with Crippen LogP contribution in [0.25, 0.3) is 0 Å². The Morgan fingerprint density at radius 1 is 1.17 bits per heavy atom. The molecule has 0 aliphatic heterocycles. The molecular formula is C11H22O. The first-order valence-corrected chi connectivity index (χ1v) is 5.38. The fourth-order valence-corrected chi connectivity index (χ4v) is 2.19. The van der Waals surface area contributed by atoms with Crippen molar-refractivity contribution in [2.24, 2.45) is 11.8 Å². The molecule has 0 aromatic rings. The third kappa shape index (κ3) is 3.14. The van der Waals surface area contributed by atoms with Gasteiger partial charge in [-0.15, -0.1) is 0 Å². The van der Waals surface area contributed by atoms with E-state index in [0.29, 0.717) is 11.8 Å². The van der Waals surface area contributed by atoms with E-state index in [4.69, 9.17) is 0 Å². The predicted octanol–water partition coefficient (Wildman–Crippen LogP) is 2.97. The minimum absolute atomic E-state index is 0.0229. The summed E-state index contributed by atoms with van der Waals surface area (Å²) in [5, 5.41) is 9.84. The number of rotatable bonds is 3. The molecule has 1 saturated carbocycles. The van der Waals surface area contributed by atoms with Gasteiger partial charge in [-0.3, -0.25) is 0 Å². The van der Waals surface area contributed by atoms with Crippen LogP contribution in [0.1, 0.15) is 52.4 Å². The van der Waals surface area contributed by atoms with Crippen molar-refractivity contribution < 1.29 is 5.11 Å². The Morgan fingerprint density at radius 2 is 1.75 bits per heavy atom. The van der Waals surface area contributed by atoms with E-state index < -0.39 is 0 Å². The van der Waals surface area contributed by atoms with Crippen LogP contribution in [0.3, 0.4) is 0 Å². The second kappa shape index (κ2) is 4.86. The van der Waals surface area contributed by atoms with E-state index in [-0.39, 0.29) is 6.10 Å². The average molecular weight is 170 g/mol. The fraction of sp³-hybridized carbons (Fsp3) is 1.00. The van der Waals surface area contributed by atoms with Crippen LogP contribution >= 0.6 is 0 Å². The van der Waals surface area contributed by atoms with Crippen molar-refractivity contribution in [3.05, 3.63) is 0 Å². The number of hydrogen-bond acceptors (Lipinski definition) is 1. The van der Waals surface area contributed by atoms with Gasteiger partial charge in [0.15, 0.2) is 0 Å². The van der Waals surface area contributed by atoms with Crippen molar-refractivity contribution in [2.75, 3.05) is 0 Å². The first-order chi connectivity index (χ1) is 5.70. The summed E-state index contributed by atoms with van der Waals surface area (Å²) in [5.41, 5.74) is 0. The van der Waals surface area contributed by atoms with Gasteiger partial charge in [-0.25, -0.2) is 0 Å². The summed E-state index contributed by atoms with van der Waals surface area (Å²) >= 11 is 0. The lowest BCUT2D eigenvalue weighted by atomic mass is 9.82. The van der Waals surface area contributed by atoms with Gasteiger partial charge in [0, 0.05) is 0 Å². The Hall–Kier alpha value is -0.0400. The molecule has 1 aliphatic carbocycles. The number of aliphatic hydroxyl groups is 1. The lowest BCUT2D eigenvalue weighted by molar-refractivity contribution is 0.0665. The van der Waals surface area contributed by atoms with E-state index in [1.165, 1.54) is 32.1 Å². The summed E-state index contributed by atoms with van der Waals surface area (Å²) in [6.45, 7) is 4.37.